The number of rotatable bonds is 11. The second kappa shape index (κ2) is 12.6. The first-order chi connectivity index (χ1) is 18.9. The van der Waals surface area contributed by atoms with E-state index in [1.165, 1.54) is 93.6 Å². The third kappa shape index (κ3) is 6.72. The van der Waals surface area contributed by atoms with Crippen LogP contribution in [0.4, 0.5) is 15.8 Å². The average Bonchev–Trinajstić information content (AvgIpc) is 2.94. The maximum absolute atomic E-state index is 13.9. The number of aryl methyl sites for hydroxylation is 1. The van der Waals surface area contributed by atoms with Crippen molar-refractivity contribution in [2.45, 2.75) is 31.3 Å². The minimum Gasteiger partial charge on any atom is -0.497 e. The Kier molecular flexibility index (Phi) is 9.43. The van der Waals surface area contributed by atoms with E-state index in [-0.39, 0.29) is 17.8 Å². The molecule has 3 aromatic rings. The number of hydrogen-bond donors (Lipinski definition) is 1. The molecule has 40 heavy (non-hydrogen) atoms. The van der Waals surface area contributed by atoms with E-state index in [0.29, 0.717) is 11.3 Å². The van der Waals surface area contributed by atoms with Gasteiger partial charge >= 0.3 is 0 Å². The van der Waals surface area contributed by atoms with Crippen LogP contribution in [-0.4, -0.2) is 56.8 Å². The SMILES string of the molecule is CNC(=O)[C@H](C)N(Cc1ccc(F)cc1)C(=O)CN(c1ccc(OC)cc1)S(=O)(=O)c1ccc(C)c([N+](=O)[O-])c1. The molecule has 3 rings (SSSR count). The standard InChI is InChI=1S/C27H29FN4O7S/c1-18-5-14-24(15-25(18)32(35)36)40(37,38)31(22-10-12-23(39-4)13-11-22)17-26(33)30(19(2)27(34)29-3)16-20-6-8-21(28)9-7-20/h5-15,19H,16-17H2,1-4H3,(H,29,34)/t19-/m0/s1. The normalized spacial score (nSPS) is 11.8. The summed E-state index contributed by atoms with van der Waals surface area (Å²) in [6, 6.07) is 13.7. The third-order valence-corrected chi connectivity index (χ3v) is 8.05. The number of carbonyl (C=O) groups excluding carboxylic acids is 2. The van der Waals surface area contributed by atoms with Crippen molar-refractivity contribution in [3.8, 4) is 5.75 Å². The van der Waals surface area contributed by atoms with Crippen molar-refractivity contribution < 1.29 is 32.1 Å². The maximum atomic E-state index is 13.9. The molecule has 0 fully saturated rings. The number of likely N-dealkylation sites (N-methyl/N-ethyl adjacent to an activating group) is 1. The number of amides is 2. The third-order valence-electron chi connectivity index (χ3n) is 6.28. The summed E-state index contributed by atoms with van der Waals surface area (Å²) in [5.74, 6) is -1.28. The van der Waals surface area contributed by atoms with E-state index >= 15 is 0 Å². The zero-order valence-corrected chi connectivity index (χ0v) is 23.1. The highest BCUT2D eigenvalue weighted by Gasteiger charge is 2.33. The monoisotopic (exact) mass is 572 g/mol. The van der Waals surface area contributed by atoms with Gasteiger partial charge in [-0.25, -0.2) is 12.8 Å². The minimum absolute atomic E-state index is 0.0895. The van der Waals surface area contributed by atoms with Gasteiger partial charge in [0.05, 0.1) is 22.6 Å². The van der Waals surface area contributed by atoms with Crippen LogP contribution >= 0.6 is 0 Å². The van der Waals surface area contributed by atoms with Gasteiger partial charge in [0.1, 0.15) is 24.2 Å². The van der Waals surface area contributed by atoms with Crippen LogP contribution in [0.15, 0.2) is 71.6 Å². The van der Waals surface area contributed by atoms with Crippen molar-refractivity contribution in [2.24, 2.45) is 0 Å². The van der Waals surface area contributed by atoms with E-state index in [4.69, 9.17) is 4.74 Å². The summed E-state index contributed by atoms with van der Waals surface area (Å²) in [7, 11) is -1.68. The zero-order chi connectivity index (χ0) is 29.6. The van der Waals surface area contributed by atoms with Gasteiger partial charge in [0.15, 0.2) is 0 Å². The summed E-state index contributed by atoms with van der Waals surface area (Å²) in [5, 5.41) is 14.0. The molecule has 0 saturated heterocycles. The first-order valence-electron chi connectivity index (χ1n) is 12.1. The first kappa shape index (κ1) is 30.0. The summed E-state index contributed by atoms with van der Waals surface area (Å²) in [4.78, 5) is 37.8. The van der Waals surface area contributed by atoms with Gasteiger partial charge in [0.25, 0.3) is 15.7 Å². The minimum atomic E-state index is -4.51. The van der Waals surface area contributed by atoms with Crippen LogP contribution in [0.1, 0.15) is 18.1 Å². The molecule has 13 heteroatoms. The molecule has 0 aliphatic rings. The molecule has 11 nitrogen and oxygen atoms in total. The van der Waals surface area contributed by atoms with Gasteiger partial charge in [-0.3, -0.25) is 24.0 Å². The van der Waals surface area contributed by atoms with E-state index in [0.717, 1.165) is 10.4 Å². The molecule has 1 atom stereocenters. The van der Waals surface area contributed by atoms with Crippen molar-refractivity contribution in [3.05, 3.63) is 93.8 Å². The highest BCUT2D eigenvalue weighted by molar-refractivity contribution is 7.92. The summed E-state index contributed by atoms with van der Waals surface area (Å²) in [5.41, 5.74) is 0.472. The Morgan fingerprint density at radius 1 is 1.07 bits per heavy atom. The topological polar surface area (TPSA) is 139 Å². The number of hydrogen-bond acceptors (Lipinski definition) is 7. The number of nitrogens with zero attached hydrogens (tertiary/aromatic N) is 3. The molecular formula is C27H29FN4O7S. The van der Waals surface area contributed by atoms with Crippen molar-refractivity contribution >= 4 is 33.2 Å². The molecule has 2 amide bonds. The molecule has 1 N–H and O–H groups in total. The molecule has 0 spiro atoms. The van der Waals surface area contributed by atoms with Crippen LogP contribution in [0.2, 0.25) is 0 Å². The summed E-state index contributed by atoms with van der Waals surface area (Å²) in [6.07, 6.45) is 0. The average molecular weight is 573 g/mol. The summed E-state index contributed by atoms with van der Waals surface area (Å²) < 4.78 is 47.2. The molecule has 0 saturated carbocycles. The number of nitro groups is 1. The lowest BCUT2D eigenvalue weighted by atomic mass is 10.1. The van der Waals surface area contributed by atoms with Gasteiger partial charge in [0.2, 0.25) is 11.8 Å². The van der Waals surface area contributed by atoms with Crippen molar-refractivity contribution in [1.29, 1.82) is 0 Å². The maximum Gasteiger partial charge on any atom is 0.273 e. The molecule has 212 valence electrons. The van der Waals surface area contributed by atoms with Crippen LogP contribution in [0.3, 0.4) is 0 Å². The Labute approximate surface area is 231 Å². The Morgan fingerprint density at radius 3 is 2.25 bits per heavy atom. The van der Waals surface area contributed by atoms with Gasteiger partial charge in [-0.05, 0) is 61.9 Å². The van der Waals surface area contributed by atoms with Gasteiger partial charge in [-0.15, -0.1) is 0 Å². The van der Waals surface area contributed by atoms with Crippen LogP contribution in [-0.2, 0) is 26.2 Å². The Hall–Kier alpha value is -4.52. The van der Waals surface area contributed by atoms with Gasteiger partial charge in [0, 0.05) is 25.2 Å². The summed E-state index contributed by atoms with van der Waals surface area (Å²) >= 11 is 0. The molecule has 3 aromatic carbocycles. The van der Waals surface area contributed by atoms with E-state index in [9.17, 15) is 32.5 Å². The Bertz CT molecular complexity index is 1500. The Balaban J connectivity index is 2.09. The number of ether oxygens (including phenoxy) is 1. The fourth-order valence-electron chi connectivity index (χ4n) is 3.93. The molecular weight excluding hydrogens is 543 g/mol. The Morgan fingerprint density at radius 2 is 1.70 bits per heavy atom. The molecule has 0 bridgehead atoms. The van der Waals surface area contributed by atoms with Crippen molar-refractivity contribution in [2.75, 3.05) is 25.0 Å². The number of carbonyl (C=O) groups is 2. The number of sulfonamides is 1. The number of methoxy groups -OCH3 is 1. The number of nitro benzene ring substituents is 1. The highest BCUT2D eigenvalue weighted by Crippen LogP contribution is 2.29. The smallest absolute Gasteiger partial charge is 0.273 e. The molecule has 0 heterocycles. The van der Waals surface area contributed by atoms with Crippen molar-refractivity contribution in [1.82, 2.24) is 10.2 Å². The fourth-order valence-corrected chi connectivity index (χ4v) is 5.36. The van der Waals surface area contributed by atoms with E-state index in [1.807, 2.05) is 0 Å². The fraction of sp³-hybridized carbons (Fsp3) is 0.259. The van der Waals surface area contributed by atoms with Crippen LogP contribution < -0.4 is 14.4 Å². The molecule has 0 aromatic heterocycles. The van der Waals surface area contributed by atoms with Crippen LogP contribution in [0.5, 0.6) is 5.75 Å². The number of benzene rings is 3. The molecule has 0 unspecified atom stereocenters. The second-order valence-electron chi connectivity index (χ2n) is 8.85. The lowest BCUT2D eigenvalue weighted by Gasteiger charge is -2.31. The number of anilines is 1. The van der Waals surface area contributed by atoms with Gasteiger partial charge < -0.3 is 15.0 Å². The molecule has 0 radical (unpaired) electrons. The lowest BCUT2D eigenvalue weighted by molar-refractivity contribution is -0.385. The van der Waals surface area contributed by atoms with Crippen LogP contribution in [0.25, 0.3) is 0 Å². The van der Waals surface area contributed by atoms with Crippen LogP contribution in [0, 0.1) is 22.9 Å². The first-order valence-corrected chi connectivity index (χ1v) is 13.5. The van der Waals surface area contributed by atoms with E-state index in [1.54, 1.807) is 0 Å². The number of halogens is 1. The quantitative estimate of drug-likeness (QED) is 0.274. The molecule has 0 aliphatic carbocycles. The van der Waals surface area contributed by atoms with Crippen molar-refractivity contribution in [3.63, 3.8) is 0 Å². The summed E-state index contributed by atoms with van der Waals surface area (Å²) in [6.45, 7) is 2.11. The van der Waals surface area contributed by atoms with Gasteiger partial charge in [-0.1, -0.05) is 18.2 Å². The highest BCUT2D eigenvalue weighted by atomic mass is 32.2. The lowest BCUT2D eigenvalue weighted by Crippen LogP contribution is -2.50. The van der Waals surface area contributed by atoms with Gasteiger partial charge in [-0.2, -0.15) is 0 Å². The second-order valence-corrected chi connectivity index (χ2v) is 10.7. The van der Waals surface area contributed by atoms with E-state index in [2.05, 4.69) is 5.32 Å². The number of nitrogens with one attached hydrogen (secondary N) is 1. The zero-order valence-electron chi connectivity index (χ0n) is 22.3. The predicted molar refractivity (Wildman–Crippen MR) is 146 cm³/mol. The van der Waals surface area contributed by atoms with E-state index < -0.39 is 55.7 Å². The largest absolute Gasteiger partial charge is 0.497 e. The molecule has 0 aliphatic heterocycles. The predicted octanol–water partition coefficient (Wildman–Crippen LogP) is 3.41.